The number of hydrogen-bond acceptors (Lipinski definition) is 4. The number of benzene rings is 1. The van der Waals surface area contributed by atoms with Gasteiger partial charge in [0.2, 0.25) is 0 Å². The van der Waals surface area contributed by atoms with E-state index in [1.807, 2.05) is 31.2 Å². The van der Waals surface area contributed by atoms with Gasteiger partial charge in [0.1, 0.15) is 5.75 Å². The van der Waals surface area contributed by atoms with E-state index in [2.05, 4.69) is 13.8 Å². The van der Waals surface area contributed by atoms with Crippen molar-refractivity contribution in [3.63, 3.8) is 0 Å². The van der Waals surface area contributed by atoms with Crippen LogP contribution in [-0.4, -0.2) is 30.7 Å². The summed E-state index contributed by atoms with van der Waals surface area (Å²) < 4.78 is 17.0. The van der Waals surface area contributed by atoms with E-state index in [4.69, 9.17) is 14.2 Å². The van der Waals surface area contributed by atoms with Gasteiger partial charge in [0.15, 0.2) is 6.29 Å². The molecular weight excluding hydrogens is 280 g/mol. The van der Waals surface area contributed by atoms with Crippen molar-refractivity contribution in [3.8, 4) is 5.75 Å². The Morgan fingerprint density at radius 1 is 1.32 bits per heavy atom. The molecule has 1 unspecified atom stereocenters. The van der Waals surface area contributed by atoms with E-state index in [1.165, 1.54) is 0 Å². The van der Waals surface area contributed by atoms with Crippen LogP contribution in [0.5, 0.6) is 5.75 Å². The summed E-state index contributed by atoms with van der Waals surface area (Å²) in [6.45, 7) is 6.89. The molecule has 1 fully saturated rings. The molecule has 22 heavy (non-hydrogen) atoms. The Morgan fingerprint density at radius 3 is 2.50 bits per heavy atom. The van der Waals surface area contributed by atoms with E-state index in [9.17, 15) is 5.11 Å². The highest BCUT2D eigenvalue weighted by Crippen LogP contribution is 2.31. The highest BCUT2D eigenvalue weighted by molar-refractivity contribution is 5.26. The minimum Gasteiger partial charge on any atom is -0.497 e. The van der Waals surface area contributed by atoms with Crippen LogP contribution in [0.3, 0.4) is 0 Å². The van der Waals surface area contributed by atoms with Crippen molar-refractivity contribution in [1.29, 1.82) is 0 Å². The fourth-order valence-corrected chi connectivity index (χ4v) is 2.85. The first-order valence-electron chi connectivity index (χ1n) is 8.13. The third-order valence-corrected chi connectivity index (χ3v) is 4.58. The number of aliphatic hydroxyl groups is 1. The van der Waals surface area contributed by atoms with Crippen LogP contribution in [0, 0.1) is 11.8 Å². The molecule has 4 nitrogen and oxygen atoms in total. The molecule has 5 atom stereocenters. The zero-order valence-electron chi connectivity index (χ0n) is 14.0. The van der Waals surface area contributed by atoms with Crippen molar-refractivity contribution < 1.29 is 19.3 Å². The minimum absolute atomic E-state index is 0.00621. The molecule has 0 amide bonds. The van der Waals surface area contributed by atoms with Crippen LogP contribution >= 0.6 is 0 Å². The van der Waals surface area contributed by atoms with Gasteiger partial charge < -0.3 is 19.3 Å². The van der Waals surface area contributed by atoms with Crippen LogP contribution in [0.1, 0.15) is 39.2 Å². The summed E-state index contributed by atoms with van der Waals surface area (Å²) in [5, 5.41) is 9.82. The van der Waals surface area contributed by atoms with Crippen molar-refractivity contribution in [2.75, 3.05) is 7.11 Å². The van der Waals surface area contributed by atoms with Gasteiger partial charge >= 0.3 is 0 Å². The molecule has 1 aromatic rings. The normalized spacial score (nSPS) is 27.6. The van der Waals surface area contributed by atoms with Crippen molar-refractivity contribution >= 4 is 0 Å². The van der Waals surface area contributed by atoms with Crippen LogP contribution in [0.2, 0.25) is 0 Å². The van der Waals surface area contributed by atoms with Gasteiger partial charge in [-0.2, -0.15) is 0 Å². The zero-order valence-corrected chi connectivity index (χ0v) is 14.0. The molecule has 1 N–H and O–H groups in total. The summed E-state index contributed by atoms with van der Waals surface area (Å²) >= 11 is 0. The van der Waals surface area contributed by atoms with Crippen LogP contribution in [0.4, 0.5) is 0 Å². The lowest BCUT2D eigenvalue weighted by Crippen LogP contribution is -2.35. The third-order valence-electron chi connectivity index (χ3n) is 4.58. The Bertz CT molecular complexity index is 435. The highest BCUT2D eigenvalue weighted by Gasteiger charge is 2.38. The molecule has 124 valence electrons. The van der Waals surface area contributed by atoms with Crippen molar-refractivity contribution in [2.24, 2.45) is 11.8 Å². The topological polar surface area (TPSA) is 47.9 Å². The largest absolute Gasteiger partial charge is 0.497 e. The lowest BCUT2D eigenvalue weighted by Gasteiger charge is -2.28. The first-order chi connectivity index (χ1) is 10.5. The lowest BCUT2D eigenvalue weighted by atomic mass is 9.93. The van der Waals surface area contributed by atoms with Gasteiger partial charge in [-0.25, -0.2) is 0 Å². The monoisotopic (exact) mass is 308 g/mol. The Hall–Kier alpha value is -1.10. The predicted molar refractivity (Wildman–Crippen MR) is 85.7 cm³/mol. The second-order valence-corrected chi connectivity index (χ2v) is 6.29. The van der Waals surface area contributed by atoms with E-state index in [0.29, 0.717) is 12.5 Å². The molecule has 4 heteroatoms. The van der Waals surface area contributed by atoms with Gasteiger partial charge in [-0.15, -0.1) is 0 Å². The van der Waals surface area contributed by atoms with Crippen LogP contribution in [0.15, 0.2) is 24.3 Å². The summed E-state index contributed by atoms with van der Waals surface area (Å²) in [5.41, 5.74) is 1.11. The summed E-state index contributed by atoms with van der Waals surface area (Å²) in [6, 6.07) is 7.91. The molecule has 0 bridgehead atoms. The maximum Gasteiger partial charge on any atom is 0.157 e. The minimum atomic E-state index is -0.666. The molecule has 1 aliphatic heterocycles. The number of ether oxygens (including phenoxy) is 3. The van der Waals surface area contributed by atoms with Gasteiger partial charge in [-0.3, -0.25) is 0 Å². The second kappa shape index (κ2) is 7.95. The third kappa shape index (κ3) is 4.22. The number of rotatable bonds is 7. The van der Waals surface area contributed by atoms with Gasteiger partial charge in [0.25, 0.3) is 0 Å². The molecular formula is C18H28O4. The molecule has 1 aliphatic rings. The Labute approximate surface area is 133 Å². The molecule has 0 spiro atoms. The summed E-state index contributed by atoms with van der Waals surface area (Å²) in [6.07, 6.45) is 1.18. The van der Waals surface area contributed by atoms with Crippen molar-refractivity contribution in [2.45, 2.75) is 58.7 Å². The smallest absolute Gasteiger partial charge is 0.157 e. The van der Waals surface area contributed by atoms with Gasteiger partial charge in [-0.1, -0.05) is 39.3 Å². The summed E-state index contributed by atoms with van der Waals surface area (Å²) in [4.78, 5) is 0. The summed E-state index contributed by atoms with van der Waals surface area (Å²) in [7, 11) is 1.66. The van der Waals surface area contributed by atoms with Gasteiger partial charge in [-0.05, 0) is 30.0 Å². The van der Waals surface area contributed by atoms with Crippen LogP contribution in [0.25, 0.3) is 0 Å². The number of aliphatic hydroxyl groups excluding tert-OH is 1. The van der Waals surface area contributed by atoms with E-state index < -0.39 is 6.29 Å². The van der Waals surface area contributed by atoms with Crippen LogP contribution in [-0.2, 0) is 16.1 Å². The Balaban J connectivity index is 1.97. The molecule has 1 saturated heterocycles. The first-order valence-corrected chi connectivity index (χ1v) is 8.13. The van der Waals surface area contributed by atoms with E-state index in [-0.39, 0.29) is 18.1 Å². The van der Waals surface area contributed by atoms with Crippen molar-refractivity contribution in [3.05, 3.63) is 29.8 Å². The standard InChI is InChI=1S/C18H28O4/c1-5-12(2)17(16-10-13(3)18(19)22-16)21-11-14-6-8-15(20-4)9-7-14/h6-9,12-13,16-19H,5,10-11H2,1-4H3/t12-,13-,16+,17-,18?/m1/s1. The van der Waals surface area contributed by atoms with Gasteiger partial charge in [0.05, 0.1) is 25.9 Å². The fraction of sp³-hybridized carbons (Fsp3) is 0.667. The molecule has 0 radical (unpaired) electrons. The average molecular weight is 308 g/mol. The average Bonchev–Trinajstić information content (AvgIpc) is 2.86. The van der Waals surface area contributed by atoms with E-state index >= 15 is 0 Å². The first kappa shape index (κ1) is 17.3. The number of hydrogen-bond donors (Lipinski definition) is 1. The predicted octanol–water partition coefficient (Wildman–Crippen LogP) is 3.37. The second-order valence-electron chi connectivity index (χ2n) is 6.29. The Morgan fingerprint density at radius 2 is 2.00 bits per heavy atom. The molecule has 2 rings (SSSR count). The van der Waals surface area contributed by atoms with E-state index in [1.54, 1.807) is 7.11 Å². The van der Waals surface area contributed by atoms with Crippen LogP contribution < -0.4 is 4.74 Å². The van der Waals surface area contributed by atoms with Crippen molar-refractivity contribution in [1.82, 2.24) is 0 Å². The molecule has 0 aromatic heterocycles. The lowest BCUT2D eigenvalue weighted by molar-refractivity contribution is -0.154. The van der Waals surface area contributed by atoms with E-state index in [0.717, 1.165) is 24.2 Å². The molecule has 1 heterocycles. The maximum absolute atomic E-state index is 9.82. The molecule has 0 aliphatic carbocycles. The summed E-state index contributed by atoms with van der Waals surface area (Å²) in [5.74, 6) is 1.40. The quantitative estimate of drug-likeness (QED) is 0.839. The fourth-order valence-electron chi connectivity index (χ4n) is 2.85. The number of methoxy groups -OCH3 is 1. The SMILES string of the molecule is CC[C@@H](C)[C@@H](OCc1ccc(OC)cc1)[C@@H]1C[C@@H](C)C(O)O1. The Kier molecular flexibility index (Phi) is 6.24. The zero-order chi connectivity index (χ0) is 16.1. The highest BCUT2D eigenvalue weighted by atomic mass is 16.6. The maximum atomic E-state index is 9.82. The molecule has 0 saturated carbocycles. The molecule has 1 aromatic carbocycles. The van der Waals surface area contributed by atoms with Gasteiger partial charge in [0, 0.05) is 5.92 Å².